The van der Waals surface area contributed by atoms with Crippen LogP contribution in [0.15, 0.2) is 30.3 Å². The summed E-state index contributed by atoms with van der Waals surface area (Å²) in [4.78, 5) is 22.3. The zero-order valence-electron chi connectivity index (χ0n) is 10.5. The maximum Gasteiger partial charge on any atom is 0.233 e. The average molecular weight is 249 g/mol. The smallest absolute Gasteiger partial charge is 0.233 e. The lowest BCUT2D eigenvalue weighted by Gasteiger charge is -2.06. The van der Waals surface area contributed by atoms with Gasteiger partial charge in [-0.1, -0.05) is 30.3 Å². The van der Waals surface area contributed by atoms with E-state index in [0.717, 1.165) is 6.42 Å². The molecular formula is C13H19N3O2. The van der Waals surface area contributed by atoms with Crippen molar-refractivity contribution in [2.45, 2.75) is 6.42 Å². The van der Waals surface area contributed by atoms with Crippen LogP contribution in [0.1, 0.15) is 5.56 Å². The first-order valence-electron chi connectivity index (χ1n) is 5.94. The monoisotopic (exact) mass is 249 g/mol. The molecule has 0 atom stereocenters. The van der Waals surface area contributed by atoms with E-state index >= 15 is 0 Å². The minimum absolute atomic E-state index is 0.102. The van der Waals surface area contributed by atoms with Crippen molar-refractivity contribution in [3.63, 3.8) is 0 Å². The first kappa shape index (κ1) is 14.2. The molecule has 0 spiro atoms. The van der Waals surface area contributed by atoms with Gasteiger partial charge in [0, 0.05) is 13.6 Å². The van der Waals surface area contributed by atoms with Crippen LogP contribution in [0.25, 0.3) is 0 Å². The van der Waals surface area contributed by atoms with E-state index in [0.29, 0.717) is 6.54 Å². The van der Waals surface area contributed by atoms with Gasteiger partial charge in [0.25, 0.3) is 0 Å². The Kier molecular flexibility index (Phi) is 6.50. The van der Waals surface area contributed by atoms with E-state index in [1.54, 1.807) is 7.05 Å². The minimum atomic E-state index is -0.132. The van der Waals surface area contributed by atoms with Gasteiger partial charge in [0.2, 0.25) is 11.8 Å². The quantitative estimate of drug-likeness (QED) is 0.620. The molecule has 1 aromatic rings. The van der Waals surface area contributed by atoms with Gasteiger partial charge in [-0.25, -0.2) is 0 Å². The molecule has 1 rings (SSSR count). The molecule has 0 saturated carbocycles. The number of nitrogens with one attached hydrogen (secondary N) is 3. The topological polar surface area (TPSA) is 70.2 Å². The van der Waals surface area contributed by atoms with Crippen LogP contribution in [0.2, 0.25) is 0 Å². The van der Waals surface area contributed by atoms with Crippen molar-refractivity contribution in [1.82, 2.24) is 16.0 Å². The molecule has 0 unspecified atom stereocenters. The van der Waals surface area contributed by atoms with Crippen LogP contribution in [0.4, 0.5) is 0 Å². The maximum absolute atomic E-state index is 11.4. The molecule has 2 amide bonds. The Bertz CT molecular complexity index is 379. The van der Waals surface area contributed by atoms with Gasteiger partial charge in [-0.3, -0.25) is 14.9 Å². The second-order valence-electron chi connectivity index (χ2n) is 3.86. The number of carbonyl (C=O) groups excluding carboxylic acids is 2. The largest absolute Gasteiger partial charge is 0.358 e. The Morgan fingerprint density at radius 1 is 1.06 bits per heavy atom. The molecule has 0 saturated heterocycles. The third-order valence-electron chi connectivity index (χ3n) is 2.43. The Balaban J connectivity index is 2.09. The fraction of sp³-hybridized carbons (Fsp3) is 0.385. The number of carbonyl (C=O) groups is 2. The summed E-state index contributed by atoms with van der Waals surface area (Å²) in [7, 11) is 1.56. The summed E-state index contributed by atoms with van der Waals surface area (Å²) in [6, 6.07) is 9.96. The standard InChI is InChI=1S/C13H19N3O2/c1-14-12(17)9-15-10-13(18)16-8-7-11-5-3-2-4-6-11/h2-6,15H,7-10H2,1H3,(H,14,17)(H,16,18). The van der Waals surface area contributed by atoms with Crippen molar-refractivity contribution in [1.29, 1.82) is 0 Å². The van der Waals surface area contributed by atoms with E-state index in [2.05, 4.69) is 16.0 Å². The molecule has 0 aliphatic rings. The van der Waals surface area contributed by atoms with E-state index in [1.165, 1.54) is 5.56 Å². The SMILES string of the molecule is CNC(=O)CNCC(=O)NCCc1ccccc1. The summed E-state index contributed by atoms with van der Waals surface area (Å²) in [5.41, 5.74) is 1.19. The predicted molar refractivity (Wildman–Crippen MR) is 70.1 cm³/mol. The molecule has 0 bridgehead atoms. The molecule has 1 aromatic carbocycles. The zero-order valence-corrected chi connectivity index (χ0v) is 10.5. The zero-order chi connectivity index (χ0) is 13.2. The molecule has 0 aliphatic carbocycles. The fourth-order valence-corrected chi connectivity index (χ4v) is 1.43. The summed E-state index contributed by atoms with van der Waals surface area (Å²) in [6.45, 7) is 0.912. The molecule has 98 valence electrons. The molecule has 0 fully saturated rings. The molecule has 3 N–H and O–H groups in total. The van der Waals surface area contributed by atoms with Crippen molar-refractivity contribution in [3.8, 4) is 0 Å². The molecule has 0 heterocycles. The summed E-state index contributed by atoms with van der Waals surface area (Å²) in [5.74, 6) is -0.234. The van der Waals surface area contributed by atoms with Crippen molar-refractivity contribution in [2.24, 2.45) is 0 Å². The highest BCUT2D eigenvalue weighted by Gasteiger charge is 2.02. The van der Waals surface area contributed by atoms with Crippen LogP contribution in [-0.4, -0.2) is 38.5 Å². The van der Waals surface area contributed by atoms with Gasteiger partial charge in [0.05, 0.1) is 13.1 Å². The lowest BCUT2D eigenvalue weighted by Crippen LogP contribution is -2.39. The normalized spacial score (nSPS) is 9.83. The van der Waals surface area contributed by atoms with Crippen molar-refractivity contribution >= 4 is 11.8 Å². The Labute approximate surface area is 107 Å². The fourth-order valence-electron chi connectivity index (χ4n) is 1.43. The molecule has 5 heteroatoms. The summed E-state index contributed by atoms with van der Waals surface area (Å²) in [6.07, 6.45) is 0.808. The van der Waals surface area contributed by atoms with E-state index in [-0.39, 0.29) is 24.9 Å². The van der Waals surface area contributed by atoms with E-state index < -0.39 is 0 Å². The number of rotatable bonds is 7. The average Bonchev–Trinajstić information content (AvgIpc) is 2.39. The van der Waals surface area contributed by atoms with Gasteiger partial charge in [0.1, 0.15) is 0 Å². The molecule has 0 aromatic heterocycles. The highest BCUT2D eigenvalue weighted by atomic mass is 16.2. The third kappa shape index (κ3) is 6.00. The van der Waals surface area contributed by atoms with Gasteiger partial charge in [0.15, 0.2) is 0 Å². The Morgan fingerprint density at radius 3 is 2.39 bits per heavy atom. The highest BCUT2D eigenvalue weighted by molar-refractivity contribution is 5.80. The summed E-state index contributed by atoms with van der Waals surface area (Å²) in [5, 5.41) is 8.02. The van der Waals surface area contributed by atoms with Crippen LogP contribution in [0.3, 0.4) is 0 Å². The van der Waals surface area contributed by atoms with Crippen LogP contribution in [0, 0.1) is 0 Å². The molecule has 5 nitrogen and oxygen atoms in total. The third-order valence-corrected chi connectivity index (χ3v) is 2.43. The summed E-state index contributed by atoms with van der Waals surface area (Å²) >= 11 is 0. The van der Waals surface area contributed by atoms with Crippen molar-refractivity contribution in [2.75, 3.05) is 26.7 Å². The molecule has 18 heavy (non-hydrogen) atoms. The number of likely N-dealkylation sites (N-methyl/N-ethyl adjacent to an activating group) is 1. The Morgan fingerprint density at radius 2 is 1.72 bits per heavy atom. The number of amides is 2. The van der Waals surface area contributed by atoms with Crippen molar-refractivity contribution in [3.05, 3.63) is 35.9 Å². The predicted octanol–water partition coefficient (Wildman–Crippen LogP) is -0.319. The first-order valence-corrected chi connectivity index (χ1v) is 5.94. The van der Waals surface area contributed by atoms with Gasteiger partial charge in [-0.05, 0) is 12.0 Å². The van der Waals surface area contributed by atoms with E-state index in [9.17, 15) is 9.59 Å². The molecule has 0 aliphatic heterocycles. The second kappa shape index (κ2) is 8.25. The molecule has 0 radical (unpaired) electrons. The number of hydrogen-bond donors (Lipinski definition) is 3. The van der Waals surface area contributed by atoms with Gasteiger partial charge in [-0.2, -0.15) is 0 Å². The van der Waals surface area contributed by atoms with Gasteiger partial charge < -0.3 is 10.6 Å². The van der Waals surface area contributed by atoms with E-state index in [4.69, 9.17) is 0 Å². The minimum Gasteiger partial charge on any atom is -0.358 e. The van der Waals surface area contributed by atoms with Gasteiger partial charge >= 0.3 is 0 Å². The highest BCUT2D eigenvalue weighted by Crippen LogP contribution is 1.97. The van der Waals surface area contributed by atoms with Crippen LogP contribution in [-0.2, 0) is 16.0 Å². The summed E-state index contributed by atoms with van der Waals surface area (Å²) < 4.78 is 0. The van der Waals surface area contributed by atoms with Crippen molar-refractivity contribution < 1.29 is 9.59 Å². The van der Waals surface area contributed by atoms with Gasteiger partial charge in [-0.15, -0.1) is 0 Å². The first-order chi connectivity index (χ1) is 8.72. The number of benzene rings is 1. The maximum atomic E-state index is 11.4. The Hall–Kier alpha value is -1.88. The molecular weight excluding hydrogens is 230 g/mol. The van der Waals surface area contributed by atoms with E-state index in [1.807, 2.05) is 30.3 Å². The van der Waals surface area contributed by atoms with Crippen LogP contribution >= 0.6 is 0 Å². The van der Waals surface area contributed by atoms with Crippen LogP contribution in [0.5, 0.6) is 0 Å². The number of hydrogen-bond acceptors (Lipinski definition) is 3. The lowest BCUT2D eigenvalue weighted by molar-refractivity contribution is -0.121. The van der Waals surface area contributed by atoms with Crippen LogP contribution < -0.4 is 16.0 Å². The lowest BCUT2D eigenvalue weighted by atomic mass is 10.1. The second-order valence-corrected chi connectivity index (χ2v) is 3.86.